The molecule has 0 amide bonds. The van der Waals surface area contributed by atoms with Crippen LogP contribution >= 0.6 is 31.3 Å². The first-order valence-corrected chi connectivity index (χ1v) is 17.9. The fourth-order valence-corrected chi connectivity index (χ4v) is 8.77. The fourth-order valence-electron chi connectivity index (χ4n) is 3.84. The zero-order chi connectivity index (χ0) is 32.5. The van der Waals surface area contributed by atoms with Gasteiger partial charge in [-0.1, -0.05) is 36.4 Å². The summed E-state index contributed by atoms with van der Waals surface area (Å²) in [7, 11) is -23.3. The first-order valence-electron chi connectivity index (χ1n) is 11.9. The molecule has 2 heterocycles. The van der Waals surface area contributed by atoms with Gasteiger partial charge in [0.25, 0.3) is 5.56 Å². The van der Waals surface area contributed by atoms with E-state index in [9.17, 15) is 57.6 Å². The van der Waals surface area contributed by atoms with Crippen LogP contribution in [0.2, 0.25) is 0 Å². The zero-order valence-corrected chi connectivity index (χ0v) is 25.3. The second-order valence-corrected chi connectivity index (χ2v) is 15.2. The number of rotatable bonds is 13. The highest BCUT2D eigenvalue weighted by Crippen LogP contribution is 2.71. The topological polar surface area (TPSA) is 300 Å². The minimum Gasteiger partial charge on any atom is -0.387 e. The minimum atomic E-state index is -6.08. The van der Waals surface area contributed by atoms with Crippen molar-refractivity contribution < 1.29 is 74.8 Å². The van der Waals surface area contributed by atoms with Crippen molar-refractivity contribution in [1.29, 1.82) is 0 Å². The molecule has 0 radical (unpaired) electrons. The molecular weight excluding hydrogens is 680 g/mol. The Kier molecular flexibility index (Phi) is 10.5. The predicted molar refractivity (Wildman–Crippen MR) is 144 cm³/mol. The van der Waals surface area contributed by atoms with E-state index in [0.717, 1.165) is 23.0 Å². The summed E-state index contributed by atoms with van der Waals surface area (Å²) in [6.07, 6.45) is -6.03. The fraction of sp³-hybridized carbons (Fsp3) is 0.300. The van der Waals surface area contributed by atoms with Gasteiger partial charge in [0.05, 0.1) is 13.2 Å². The van der Waals surface area contributed by atoms with Gasteiger partial charge >= 0.3 is 37.0 Å². The molecule has 44 heavy (non-hydrogen) atoms. The number of nitrogens with zero attached hydrogens (tertiary/aromatic N) is 1. The lowest BCUT2D eigenvalue weighted by Crippen LogP contribution is -2.37. The summed E-state index contributed by atoms with van der Waals surface area (Å²) in [5.41, 5.74) is -1.47. The van der Waals surface area contributed by atoms with Gasteiger partial charge in [0, 0.05) is 12.3 Å². The van der Waals surface area contributed by atoms with E-state index < -0.39 is 80.3 Å². The average molecular weight is 704 g/mol. The Morgan fingerprint density at radius 3 is 2.00 bits per heavy atom. The number of hydrogen-bond acceptors (Lipinski definition) is 14. The quantitative estimate of drug-likeness (QED) is 0.122. The smallest absolute Gasteiger partial charge is 0.387 e. The van der Waals surface area contributed by atoms with E-state index in [0.29, 0.717) is 10.1 Å². The number of aliphatic hydroxyl groups excluding tert-OH is 2. The lowest BCUT2D eigenvalue weighted by Gasteiger charge is -2.20. The van der Waals surface area contributed by atoms with Crippen LogP contribution < -0.4 is 11.2 Å². The SMILES string of the molecule is O=c1ccn([C@@H]2O[C@H](COP(=O)(O)OP(=O)(O)OP(=O)(O)OP(=O)(O)OCc3ccc4ccccc4c3)C(O)[C@@H]2O)c(=O)[nH]1. The molecule has 1 saturated heterocycles. The number of aromatic amines is 1. The van der Waals surface area contributed by atoms with Crippen LogP contribution in [0.4, 0.5) is 0 Å². The monoisotopic (exact) mass is 704 g/mol. The summed E-state index contributed by atoms with van der Waals surface area (Å²) < 4.78 is 75.2. The molecule has 0 bridgehead atoms. The molecule has 2 aromatic carbocycles. The highest BCUT2D eigenvalue weighted by atomic mass is 31.3. The number of hydrogen-bond donors (Lipinski definition) is 7. The number of phosphoric acid groups is 4. The standard InChI is InChI=1S/C20H24N2O18P4/c23-16-7-8-22(20(26)21-16)19-18(25)17(24)15(37-19)11-36-42(29,30)39-44(33,34)40-43(31,32)38-41(27,28)35-10-12-5-6-13-3-1-2-4-14(13)9-12/h1-9,15,17-19,24-25H,10-11H2,(H,27,28)(H,29,30)(H,31,32)(H,33,34)(H,21,23,26)/t15-,17?,18+,19-/m1/s1. The van der Waals surface area contributed by atoms with E-state index >= 15 is 0 Å². The Balaban J connectivity index is 1.31. The van der Waals surface area contributed by atoms with Gasteiger partial charge in [-0.2, -0.15) is 12.9 Å². The maximum absolute atomic E-state index is 12.2. The van der Waals surface area contributed by atoms with Crippen molar-refractivity contribution in [3.63, 3.8) is 0 Å². The Morgan fingerprint density at radius 2 is 1.36 bits per heavy atom. The summed E-state index contributed by atoms with van der Waals surface area (Å²) in [4.78, 5) is 64.1. The number of H-pyrrole nitrogens is 1. The molecule has 242 valence electrons. The molecule has 3 aromatic rings. The van der Waals surface area contributed by atoms with Gasteiger partial charge in [0.1, 0.15) is 18.3 Å². The van der Waals surface area contributed by atoms with E-state index in [2.05, 4.69) is 22.0 Å². The van der Waals surface area contributed by atoms with Crippen molar-refractivity contribution in [2.45, 2.75) is 31.1 Å². The van der Waals surface area contributed by atoms with Gasteiger partial charge in [-0.25, -0.2) is 23.1 Å². The van der Waals surface area contributed by atoms with E-state index in [1.807, 2.05) is 4.98 Å². The van der Waals surface area contributed by atoms with Crippen LogP contribution in [0.15, 0.2) is 64.3 Å². The largest absolute Gasteiger partial charge is 0.490 e. The van der Waals surface area contributed by atoms with Gasteiger partial charge in [0.2, 0.25) is 0 Å². The number of aromatic nitrogens is 2. The van der Waals surface area contributed by atoms with Crippen LogP contribution in [0.1, 0.15) is 11.8 Å². The number of aliphatic hydroxyl groups is 2. The molecule has 1 aliphatic heterocycles. The van der Waals surface area contributed by atoms with Crippen molar-refractivity contribution in [1.82, 2.24) is 9.55 Å². The van der Waals surface area contributed by atoms with Gasteiger partial charge < -0.3 is 34.5 Å². The molecule has 1 aromatic heterocycles. The van der Waals surface area contributed by atoms with E-state index in [1.165, 1.54) is 6.07 Å². The molecule has 20 nitrogen and oxygen atoms in total. The molecule has 0 saturated carbocycles. The van der Waals surface area contributed by atoms with Crippen LogP contribution in [0, 0.1) is 0 Å². The van der Waals surface area contributed by atoms with Crippen LogP contribution in [-0.2, 0) is 51.6 Å². The summed E-state index contributed by atoms with van der Waals surface area (Å²) >= 11 is 0. The Labute approximate surface area is 245 Å². The number of phosphoric ester groups is 2. The second kappa shape index (κ2) is 13.3. The third kappa shape index (κ3) is 9.19. The number of ether oxygens (including phenoxy) is 1. The molecule has 1 aliphatic rings. The number of nitrogens with one attached hydrogen (secondary N) is 1. The zero-order valence-electron chi connectivity index (χ0n) is 21.7. The lowest BCUT2D eigenvalue weighted by atomic mass is 10.1. The molecule has 5 unspecified atom stereocenters. The molecular formula is C20H24N2O18P4. The van der Waals surface area contributed by atoms with Crippen molar-refractivity contribution in [2.24, 2.45) is 0 Å². The summed E-state index contributed by atoms with van der Waals surface area (Å²) in [5, 5.41) is 21.9. The van der Waals surface area contributed by atoms with Gasteiger partial charge in [0.15, 0.2) is 6.23 Å². The summed E-state index contributed by atoms with van der Waals surface area (Å²) in [5.74, 6) is 0. The second-order valence-electron chi connectivity index (χ2n) is 8.93. The third-order valence-corrected chi connectivity index (χ3v) is 11.6. The van der Waals surface area contributed by atoms with Gasteiger partial charge in [-0.3, -0.25) is 23.4 Å². The predicted octanol–water partition coefficient (Wildman–Crippen LogP) is 0.994. The van der Waals surface area contributed by atoms with Gasteiger partial charge in [-0.15, -0.1) is 0 Å². The summed E-state index contributed by atoms with van der Waals surface area (Å²) in [6, 6.07) is 12.7. The van der Waals surface area contributed by atoms with Gasteiger partial charge in [-0.05, 0) is 22.4 Å². The Hall–Kier alpha value is -2.18. The van der Waals surface area contributed by atoms with Crippen LogP contribution in [0.25, 0.3) is 10.8 Å². The third-order valence-electron chi connectivity index (χ3n) is 5.69. The highest BCUT2D eigenvalue weighted by molar-refractivity contribution is 7.69. The first kappa shape index (κ1) is 34.7. The van der Waals surface area contributed by atoms with Crippen molar-refractivity contribution in [3.8, 4) is 0 Å². The average Bonchev–Trinajstić information content (AvgIpc) is 3.17. The lowest BCUT2D eigenvalue weighted by molar-refractivity contribution is -0.0542. The number of benzene rings is 2. The molecule has 0 aliphatic carbocycles. The number of fused-ring (bicyclic) bond motifs is 1. The summed E-state index contributed by atoms with van der Waals surface area (Å²) in [6.45, 7) is -1.75. The van der Waals surface area contributed by atoms with Crippen LogP contribution in [-0.4, -0.2) is 64.3 Å². The molecule has 24 heteroatoms. The van der Waals surface area contributed by atoms with Crippen molar-refractivity contribution in [2.75, 3.05) is 6.61 Å². The van der Waals surface area contributed by atoms with E-state index in [1.54, 1.807) is 36.4 Å². The van der Waals surface area contributed by atoms with Crippen LogP contribution in [0.5, 0.6) is 0 Å². The Morgan fingerprint density at radius 1 is 0.773 bits per heavy atom. The van der Waals surface area contributed by atoms with E-state index in [4.69, 9.17) is 4.74 Å². The van der Waals surface area contributed by atoms with Crippen molar-refractivity contribution in [3.05, 3.63) is 81.1 Å². The molecule has 0 spiro atoms. The van der Waals surface area contributed by atoms with Crippen LogP contribution in [0.3, 0.4) is 0 Å². The first-order chi connectivity index (χ1) is 20.4. The molecule has 7 N–H and O–H groups in total. The highest BCUT2D eigenvalue weighted by Gasteiger charge is 2.48. The maximum atomic E-state index is 12.2. The molecule has 4 rings (SSSR count). The maximum Gasteiger partial charge on any atom is 0.490 e. The normalized spacial score (nSPS) is 26.0. The molecule has 1 fully saturated rings. The van der Waals surface area contributed by atoms with E-state index in [-0.39, 0.29) is 0 Å². The molecule has 8 atom stereocenters. The van der Waals surface area contributed by atoms with Crippen molar-refractivity contribution >= 4 is 42.1 Å². The minimum absolute atomic E-state index is 0.339. The Bertz CT molecular complexity index is 1830.